The van der Waals surface area contributed by atoms with Gasteiger partial charge in [-0.15, -0.1) is 0 Å². The predicted octanol–water partition coefficient (Wildman–Crippen LogP) is 4.79. The van der Waals surface area contributed by atoms with Crippen LogP contribution in [0.1, 0.15) is 24.1 Å². The number of ether oxygens (including phenoxy) is 1. The molecule has 0 aromatic heterocycles. The van der Waals surface area contributed by atoms with Crippen LogP contribution in [0.15, 0.2) is 88.8 Å². The zero-order chi connectivity index (χ0) is 23.5. The van der Waals surface area contributed by atoms with Crippen LogP contribution in [-0.4, -0.2) is 40.1 Å². The lowest BCUT2D eigenvalue weighted by Crippen LogP contribution is -2.40. The van der Waals surface area contributed by atoms with E-state index in [1.165, 1.54) is 16.7 Å². The van der Waals surface area contributed by atoms with E-state index in [-0.39, 0.29) is 17.6 Å². The number of fused-ring (bicyclic) bond motifs is 3. The minimum Gasteiger partial charge on any atom is -0.494 e. The van der Waals surface area contributed by atoms with Crippen molar-refractivity contribution in [3.8, 4) is 5.75 Å². The highest BCUT2D eigenvalue weighted by molar-refractivity contribution is 8.14. The van der Waals surface area contributed by atoms with E-state index in [1.54, 1.807) is 12.1 Å². The Labute approximate surface area is 201 Å². The summed E-state index contributed by atoms with van der Waals surface area (Å²) in [6.07, 6.45) is 0. The van der Waals surface area contributed by atoms with Crippen molar-refractivity contribution in [2.75, 3.05) is 17.7 Å². The first kappa shape index (κ1) is 21.9. The predicted molar refractivity (Wildman–Crippen MR) is 135 cm³/mol. The monoisotopic (exact) mass is 470 g/mol. The molecule has 3 aromatic carbocycles. The Bertz CT molecular complexity index is 1290. The number of nitrogens with one attached hydrogen (secondary N) is 1. The van der Waals surface area contributed by atoms with E-state index in [1.807, 2.05) is 73.7 Å². The van der Waals surface area contributed by atoms with E-state index in [0.29, 0.717) is 23.3 Å². The molecule has 0 saturated heterocycles. The fourth-order valence-corrected chi connectivity index (χ4v) is 4.63. The first-order valence-corrected chi connectivity index (χ1v) is 11.9. The second-order valence-corrected chi connectivity index (χ2v) is 8.59. The Kier molecular flexibility index (Phi) is 6.14. The number of amidine groups is 2. The molecule has 0 bridgehead atoms. The lowest BCUT2D eigenvalue weighted by atomic mass is 10.1. The number of rotatable bonds is 6. The number of hydrogen-bond acceptors (Lipinski definition) is 6. The first-order valence-electron chi connectivity index (χ1n) is 10.9. The van der Waals surface area contributed by atoms with Crippen LogP contribution in [0, 0.1) is 0 Å². The highest BCUT2D eigenvalue weighted by Gasteiger charge is 2.42. The molecule has 1 N–H and O–H groups in total. The molecule has 7 nitrogen and oxygen atoms in total. The number of hydrogen-bond donors (Lipinski definition) is 1. The van der Waals surface area contributed by atoms with Gasteiger partial charge in [0.05, 0.1) is 18.0 Å². The zero-order valence-corrected chi connectivity index (χ0v) is 19.3. The standard InChI is InChI=1S/C26H22N4O3S/c1-2-33-19-14-12-18(13-15-19)27-22(31)16-34-26-28-21-11-7-6-10-20(21)24-29-23(25(32)30(24)26)17-8-4-3-5-9-17/h3-15,23H,2,16H2,1H3,(H,27,31). The molecule has 5 rings (SSSR count). The van der Waals surface area contributed by atoms with Crippen LogP contribution in [0.25, 0.3) is 0 Å². The van der Waals surface area contributed by atoms with Crippen LogP contribution >= 0.6 is 11.8 Å². The van der Waals surface area contributed by atoms with Crippen molar-refractivity contribution in [3.63, 3.8) is 0 Å². The summed E-state index contributed by atoms with van der Waals surface area (Å²) in [5, 5.41) is 3.32. The fourth-order valence-electron chi connectivity index (χ4n) is 3.83. The van der Waals surface area contributed by atoms with E-state index < -0.39 is 6.04 Å². The third-order valence-electron chi connectivity index (χ3n) is 5.37. The van der Waals surface area contributed by atoms with E-state index in [0.717, 1.165) is 22.6 Å². The highest BCUT2D eigenvalue weighted by Crippen LogP contribution is 2.37. The van der Waals surface area contributed by atoms with Crippen molar-refractivity contribution >= 4 is 46.0 Å². The topological polar surface area (TPSA) is 83.4 Å². The Morgan fingerprint density at radius 2 is 1.76 bits per heavy atom. The molecule has 34 heavy (non-hydrogen) atoms. The van der Waals surface area contributed by atoms with E-state index >= 15 is 0 Å². The maximum Gasteiger partial charge on any atom is 0.263 e. The number of nitrogens with zero attached hydrogens (tertiary/aromatic N) is 3. The quantitative estimate of drug-likeness (QED) is 0.562. The molecule has 1 unspecified atom stereocenters. The van der Waals surface area contributed by atoms with Crippen molar-refractivity contribution in [1.82, 2.24) is 4.90 Å². The van der Waals surface area contributed by atoms with Crippen molar-refractivity contribution in [1.29, 1.82) is 0 Å². The molecular formula is C26H22N4O3S. The van der Waals surface area contributed by atoms with Crippen molar-refractivity contribution in [2.45, 2.75) is 13.0 Å². The molecule has 2 amide bonds. The molecule has 0 saturated carbocycles. The van der Waals surface area contributed by atoms with Crippen LogP contribution in [0.5, 0.6) is 5.75 Å². The minimum atomic E-state index is -0.633. The second kappa shape index (κ2) is 9.52. The molecular weight excluding hydrogens is 448 g/mol. The molecule has 3 aromatic rings. The van der Waals surface area contributed by atoms with Crippen LogP contribution < -0.4 is 10.1 Å². The molecule has 2 aliphatic heterocycles. The summed E-state index contributed by atoms with van der Waals surface area (Å²) in [5.41, 5.74) is 3.03. The average molecular weight is 471 g/mol. The molecule has 2 aliphatic rings. The van der Waals surface area contributed by atoms with Crippen molar-refractivity contribution in [3.05, 3.63) is 90.0 Å². The normalized spacial score (nSPS) is 16.3. The summed E-state index contributed by atoms with van der Waals surface area (Å²) >= 11 is 1.21. The van der Waals surface area contributed by atoms with Gasteiger partial charge in [-0.3, -0.25) is 9.59 Å². The van der Waals surface area contributed by atoms with Gasteiger partial charge in [-0.05, 0) is 48.9 Å². The Hall–Kier alpha value is -3.91. The highest BCUT2D eigenvalue weighted by atomic mass is 32.2. The van der Waals surface area contributed by atoms with Gasteiger partial charge in [-0.2, -0.15) is 0 Å². The maximum absolute atomic E-state index is 13.4. The van der Waals surface area contributed by atoms with Gasteiger partial charge in [0.2, 0.25) is 5.91 Å². The number of amides is 2. The largest absolute Gasteiger partial charge is 0.494 e. The molecule has 170 valence electrons. The Balaban J connectivity index is 1.34. The van der Waals surface area contributed by atoms with Gasteiger partial charge in [0.15, 0.2) is 11.2 Å². The average Bonchev–Trinajstić information content (AvgIpc) is 3.22. The van der Waals surface area contributed by atoms with Crippen LogP contribution in [0.2, 0.25) is 0 Å². The Morgan fingerprint density at radius 1 is 1.03 bits per heavy atom. The Morgan fingerprint density at radius 3 is 2.53 bits per heavy atom. The second-order valence-electron chi connectivity index (χ2n) is 7.65. The lowest BCUT2D eigenvalue weighted by Gasteiger charge is -2.25. The van der Waals surface area contributed by atoms with Gasteiger partial charge >= 0.3 is 0 Å². The number of benzene rings is 3. The van der Waals surface area contributed by atoms with Crippen molar-refractivity contribution < 1.29 is 14.3 Å². The summed E-state index contributed by atoms with van der Waals surface area (Å²) in [7, 11) is 0. The van der Waals surface area contributed by atoms with E-state index in [9.17, 15) is 9.59 Å². The van der Waals surface area contributed by atoms with Gasteiger partial charge < -0.3 is 10.1 Å². The van der Waals surface area contributed by atoms with Gasteiger partial charge in [-0.1, -0.05) is 54.2 Å². The number of para-hydroxylation sites is 1. The van der Waals surface area contributed by atoms with E-state index in [2.05, 4.69) is 10.3 Å². The third kappa shape index (κ3) is 4.32. The molecule has 0 aliphatic carbocycles. The number of carbonyl (C=O) groups is 2. The molecule has 0 spiro atoms. The fraction of sp³-hybridized carbons (Fsp3) is 0.154. The minimum absolute atomic E-state index is 0.0985. The van der Waals surface area contributed by atoms with Gasteiger partial charge in [0.1, 0.15) is 11.6 Å². The van der Waals surface area contributed by atoms with Crippen LogP contribution in [-0.2, 0) is 9.59 Å². The number of carbonyl (C=O) groups excluding carboxylic acids is 2. The zero-order valence-electron chi connectivity index (χ0n) is 18.5. The van der Waals surface area contributed by atoms with Gasteiger partial charge in [0.25, 0.3) is 5.91 Å². The molecule has 1 atom stereocenters. The third-order valence-corrected chi connectivity index (χ3v) is 6.31. The number of anilines is 1. The molecule has 2 heterocycles. The maximum atomic E-state index is 13.4. The first-order chi connectivity index (χ1) is 16.6. The molecule has 8 heteroatoms. The van der Waals surface area contributed by atoms with Gasteiger partial charge in [0, 0.05) is 11.3 Å². The summed E-state index contributed by atoms with van der Waals surface area (Å²) < 4.78 is 5.43. The SMILES string of the molecule is CCOc1ccc(NC(=O)CSC2=Nc3ccccc3C3=NC(c4ccccc4)C(=O)N23)cc1. The van der Waals surface area contributed by atoms with Crippen LogP contribution in [0.3, 0.4) is 0 Å². The van der Waals surface area contributed by atoms with Gasteiger partial charge in [-0.25, -0.2) is 14.9 Å². The summed E-state index contributed by atoms with van der Waals surface area (Å²) in [6, 6.07) is 23.6. The number of thioether (sulfide) groups is 1. The smallest absolute Gasteiger partial charge is 0.263 e. The lowest BCUT2D eigenvalue weighted by molar-refractivity contribution is -0.124. The number of aliphatic imine (C=N–C) groups is 2. The summed E-state index contributed by atoms with van der Waals surface area (Å²) in [6.45, 7) is 2.50. The summed E-state index contributed by atoms with van der Waals surface area (Å²) in [4.78, 5) is 37.0. The van der Waals surface area contributed by atoms with E-state index in [4.69, 9.17) is 9.73 Å². The van der Waals surface area contributed by atoms with Crippen LogP contribution in [0.4, 0.5) is 11.4 Å². The van der Waals surface area contributed by atoms with Crippen molar-refractivity contribution in [2.24, 2.45) is 9.98 Å². The molecule has 0 fully saturated rings. The molecule has 0 radical (unpaired) electrons. The summed E-state index contributed by atoms with van der Waals surface area (Å²) in [5.74, 6) is 1.05.